The van der Waals surface area contributed by atoms with Gasteiger partial charge in [-0.05, 0) is 18.2 Å². The summed E-state index contributed by atoms with van der Waals surface area (Å²) in [6, 6.07) is 9.17. The van der Waals surface area contributed by atoms with Gasteiger partial charge in [0.15, 0.2) is 5.65 Å². The number of hydrogen-bond donors (Lipinski definition) is 1. The van der Waals surface area contributed by atoms with Crippen LogP contribution < -0.4 is 10.1 Å². The van der Waals surface area contributed by atoms with Crippen molar-refractivity contribution in [1.82, 2.24) is 24.6 Å². The molecule has 0 atom stereocenters. The van der Waals surface area contributed by atoms with Gasteiger partial charge in [0.25, 0.3) is 0 Å². The molecule has 0 unspecified atom stereocenters. The van der Waals surface area contributed by atoms with Crippen LogP contribution in [-0.4, -0.2) is 31.2 Å². The molecule has 0 radical (unpaired) electrons. The molecule has 1 aliphatic rings. The smallest absolute Gasteiger partial charge is 0.210 e. The minimum Gasteiger partial charge on any atom is -0.493 e. The monoisotopic (exact) mass is 418 g/mol. The van der Waals surface area contributed by atoms with Gasteiger partial charge < -0.3 is 10.1 Å². The van der Waals surface area contributed by atoms with E-state index in [-0.39, 0.29) is 5.82 Å². The van der Waals surface area contributed by atoms with Gasteiger partial charge in [-0.1, -0.05) is 12.1 Å². The predicted molar refractivity (Wildman–Crippen MR) is 112 cm³/mol. The zero-order valence-corrected chi connectivity index (χ0v) is 16.5. The molecule has 0 saturated heterocycles. The zero-order valence-electron chi connectivity index (χ0n) is 15.7. The molecule has 1 N–H and O–H groups in total. The summed E-state index contributed by atoms with van der Waals surface area (Å²) < 4.78 is 22.9. The molecular weight excluding hydrogens is 403 g/mol. The number of anilines is 1. The highest BCUT2D eigenvalue weighted by Gasteiger charge is 2.20. The van der Waals surface area contributed by atoms with E-state index in [1.165, 1.54) is 6.07 Å². The summed E-state index contributed by atoms with van der Waals surface area (Å²) in [5, 5.41) is 11.6. The second-order valence-electron chi connectivity index (χ2n) is 6.98. The third kappa shape index (κ3) is 2.62. The second-order valence-corrected chi connectivity index (χ2v) is 7.87. The average Bonchev–Trinajstić information content (AvgIpc) is 3.52. The molecule has 148 valence electrons. The van der Waals surface area contributed by atoms with E-state index in [0.29, 0.717) is 36.7 Å². The Morgan fingerprint density at radius 3 is 3.10 bits per heavy atom. The fourth-order valence-corrected chi connectivity index (χ4v) is 4.62. The molecular formula is C21H15FN6OS. The molecule has 4 heterocycles. The summed E-state index contributed by atoms with van der Waals surface area (Å²) in [4.78, 5) is 9.07. The van der Waals surface area contributed by atoms with Crippen LogP contribution in [0.5, 0.6) is 5.75 Å². The van der Waals surface area contributed by atoms with Gasteiger partial charge in [0.2, 0.25) is 5.95 Å². The standard InChI is InChI=1S/C21H15FN6OS/c22-16-4-5-17-12(6-7-29-17)14(16)8-23-21-24-9-15(20-27-26-10-28(20)21)13-2-1-3-18-19(13)25-11-30-18/h1-5,9-11H,6-8H2,(H,23,24). The van der Waals surface area contributed by atoms with Gasteiger partial charge in [-0.2, -0.15) is 0 Å². The number of hydrogen-bond acceptors (Lipinski definition) is 7. The summed E-state index contributed by atoms with van der Waals surface area (Å²) in [5.74, 6) is 1.04. The summed E-state index contributed by atoms with van der Waals surface area (Å²) >= 11 is 1.59. The topological polar surface area (TPSA) is 77.2 Å². The van der Waals surface area contributed by atoms with Gasteiger partial charge in [0.05, 0.1) is 22.3 Å². The number of halogens is 1. The Balaban J connectivity index is 1.39. The summed E-state index contributed by atoms with van der Waals surface area (Å²) in [7, 11) is 0. The van der Waals surface area contributed by atoms with E-state index in [4.69, 9.17) is 4.74 Å². The van der Waals surface area contributed by atoms with Crippen LogP contribution in [0.1, 0.15) is 11.1 Å². The van der Waals surface area contributed by atoms with Gasteiger partial charge in [-0.25, -0.2) is 14.4 Å². The fourth-order valence-electron chi connectivity index (χ4n) is 3.92. The Kier molecular flexibility index (Phi) is 3.88. The second kappa shape index (κ2) is 6.74. The van der Waals surface area contributed by atoms with Gasteiger partial charge in [0, 0.05) is 41.4 Å². The van der Waals surface area contributed by atoms with Crippen molar-refractivity contribution in [2.45, 2.75) is 13.0 Å². The average molecular weight is 418 g/mol. The molecule has 9 heteroatoms. The number of ether oxygens (including phenoxy) is 1. The normalized spacial score (nSPS) is 13.0. The lowest BCUT2D eigenvalue weighted by molar-refractivity contribution is 0.356. The van der Waals surface area contributed by atoms with Crippen LogP contribution in [-0.2, 0) is 13.0 Å². The Hall–Kier alpha value is -3.59. The van der Waals surface area contributed by atoms with Crippen LogP contribution in [0, 0.1) is 5.82 Å². The van der Waals surface area contributed by atoms with Crippen molar-refractivity contribution in [3.05, 3.63) is 65.3 Å². The molecule has 5 aromatic rings. The van der Waals surface area contributed by atoms with Crippen molar-refractivity contribution in [3.63, 3.8) is 0 Å². The van der Waals surface area contributed by atoms with E-state index in [1.54, 1.807) is 34.3 Å². The van der Waals surface area contributed by atoms with E-state index in [2.05, 4.69) is 25.5 Å². The molecule has 1 aliphatic heterocycles. The van der Waals surface area contributed by atoms with E-state index in [1.807, 2.05) is 23.7 Å². The molecule has 0 saturated carbocycles. The first-order chi connectivity index (χ1) is 14.8. The minimum atomic E-state index is -0.251. The summed E-state index contributed by atoms with van der Waals surface area (Å²) in [6.45, 7) is 0.871. The molecule has 0 fully saturated rings. The molecule has 7 nitrogen and oxygen atoms in total. The molecule has 0 amide bonds. The van der Waals surface area contributed by atoms with Gasteiger partial charge in [0.1, 0.15) is 17.9 Å². The van der Waals surface area contributed by atoms with Crippen LogP contribution in [0.4, 0.5) is 10.3 Å². The van der Waals surface area contributed by atoms with Crippen molar-refractivity contribution >= 4 is 33.1 Å². The number of nitrogens with one attached hydrogen (secondary N) is 1. The Labute approximate surface area is 174 Å². The SMILES string of the molecule is Fc1ccc2c(c1CNc1ncc(-c3cccc4scnc34)c3nncn13)CCO2. The number of aromatic nitrogens is 5. The van der Waals surface area contributed by atoms with Crippen LogP contribution >= 0.6 is 11.3 Å². The molecule has 6 rings (SSSR count). The third-order valence-corrected chi connectivity index (χ3v) is 6.14. The lowest BCUT2D eigenvalue weighted by atomic mass is 10.0. The maximum Gasteiger partial charge on any atom is 0.210 e. The quantitative estimate of drug-likeness (QED) is 0.474. The molecule has 0 spiro atoms. The fraction of sp³-hybridized carbons (Fsp3) is 0.143. The number of nitrogens with zero attached hydrogens (tertiary/aromatic N) is 5. The summed E-state index contributed by atoms with van der Waals surface area (Å²) in [6.07, 6.45) is 4.07. The van der Waals surface area contributed by atoms with Gasteiger partial charge in [-0.3, -0.25) is 4.40 Å². The van der Waals surface area contributed by atoms with E-state index < -0.39 is 0 Å². The lowest BCUT2D eigenvalue weighted by Crippen LogP contribution is -2.09. The van der Waals surface area contributed by atoms with E-state index in [9.17, 15) is 4.39 Å². The molecule has 3 aromatic heterocycles. The van der Waals surface area contributed by atoms with Crippen LogP contribution in [0.15, 0.2) is 48.4 Å². The number of fused-ring (bicyclic) bond motifs is 3. The van der Waals surface area contributed by atoms with E-state index >= 15 is 0 Å². The van der Waals surface area contributed by atoms with E-state index in [0.717, 1.165) is 32.7 Å². The largest absolute Gasteiger partial charge is 0.493 e. The zero-order chi connectivity index (χ0) is 20.1. The third-order valence-electron chi connectivity index (χ3n) is 5.35. The van der Waals surface area contributed by atoms with Crippen molar-refractivity contribution in [2.75, 3.05) is 11.9 Å². The number of para-hydroxylation sites is 1. The highest BCUT2D eigenvalue weighted by Crippen LogP contribution is 2.33. The first-order valence-electron chi connectivity index (χ1n) is 9.48. The Bertz CT molecular complexity index is 1410. The lowest BCUT2D eigenvalue weighted by Gasteiger charge is -2.12. The molecule has 0 bridgehead atoms. The highest BCUT2D eigenvalue weighted by atomic mass is 32.1. The molecule has 30 heavy (non-hydrogen) atoms. The molecule has 0 aliphatic carbocycles. The first-order valence-corrected chi connectivity index (χ1v) is 10.4. The van der Waals surface area contributed by atoms with Crippen LogP contribution in [0.25, 0.3) is 27.0 Å². The summed E-state index contributed by atoms with van der Waals surface area (Å²) in [5.41, 5.74) is 6.71. The van der Waals surface area contributed by atoms with Crippen molar-refractivity contribution in [1.29, 1.82) is 0 Å². The Morgan fingerprint density at radius 1 is 1.17 bits per heavy atom. The predicted octanol–water partition coefficient (Wildman–Crippen LogP) is 4.09. The van der Waals surface area contributed by atoms with Crippen LogP contribution in [0.2, 0.25) is 0 Å². The first kappa shape index (κ1) is 17.3. The van der Waals surface area contributed by atoms with Crippen LogP contribution in [0.3, 0.4) is 0 Å². The minimum absolute atomic E-state index is 0.251. The van der Waals surface area contributed by atoms with Gasteiger partial charge >= 0.3 is 0 Å². The maximum atomic E-state index is 14.5. The number of benzene rings is 2. The maximum absolute atomic E-state index is 14.5. The van der Waals surface area contributed by atoms with Crippen molar-refractivity contribution in [2.24, 2.45) is 0 Å². The van der Waals surface area contributed by atoms with Crippen molar-refractivity contribution < 1.29 is 9.13 Å². The van der Waals surface area contributed by atoms with Crippen molar-refractivity contribution in [3.8, 4) is 16.9 Å². The molecule has 2 aromatic carbocycles. The van der Waals surface area contributed by atoms with Gasteiger partial charge in [-0.15, -0.1) is 21.5 Å². The Morgan fingerprint density at radius 2 is 2.13 bits per heavy atom. The number of thiazole rings is 1. The number of rotatable bonds is 4. The highest BCUT2D eigenvalue weighted by molar-refractivity contribution is 7.16.